The molecule has 7 heteroatoms. The molecule has 0 amide bonds. The molecule has 0 aliphatic heterocycles. The van der Waals surface area contributed by atoms with Gasteiger partial charge < -0.3 is 15.5 Å². The number of rotatable bonds is 3. The number of nitrogen functional groups attached to an aromatic ring is 1. The number of nitrogens with one attached hydrogen (secondary N) is 1. The third kappa shape index (κ3) is 2.75. The van der Waals surface area contributed by atoms with Gasteiger partial charge in [0.05, 0.1) is 6.54 Å². The van der Waals surface area contributed by atoms with Crippen LogP contribution >= 0.6 is 11.6 Å². The molecule has 108 valence electrons. The average molecular weight is 307 g/mol. The van der Waals surface area contributed by atoms with Crippen LogP contribution in [-0.2, 0) is 6.54 Å². The van der Waals surface area contributed by atoms with Crippen molar-refractivity contribution in [1.29, 1.82) is 0 Å². The molecule has 0 unspecified atom stereocenters. The fourth-order valence-electron chi connectivity index (χ4n) is 2.11. The summed E-state index contributed by atoms with van der Waals surface area (Å²) in [4.78, 5) is 7.79. The number of halogens is 2. The van der Waals surface area contributed by atoms with Crippen LogP contribution in [0.5, 0.6) is 0 Å². The SMILES string of the molecule is Cc1c(CNc2cc(Cl)nc(N)n2)oc2ccc(F)cc12. The monoisotopic (exact) mass is 306 g/mol. The van der Waals surface area contributed by atoms with E-state index >= 15 is 0 Å². The van der Waals surface area contributed by atoms with E-state index in [1.807, 2.05) is 6.92 Å². The van der Waals surface area contributed by atoms with Crippen LogP contribution < -0.4 is 11.1 Å². The van der Waals surface area contributed by atoms with E-state index in [0.29, 0.717) is 23.7 Å². The first-order valence-corrected chi connectivity index (χ1v) is 6.62. The van der Waals surface area contributed by atoms with Gasteiger partial charge in [0, 0.05) is 17.0 Å². The lowest BCUT2D eigenvalue weighted by molar-refractivity contribution is 0.554. The van der Waals surface area contributed by atoms with Crippen LogP contribution in [0.3, 0.4) is 0 Å². The lowest BCUT2D eigenvalue weighted by atomic mass is 10.1. The highest BCUT2D eigenvalue weighted by atomic mass is 35.5. The van der Waals surface area contributed by atoms with Crippen molar-refractivity contribution in [3.8, 4) is 0 Å². The quantitative estimate of drug-likeness (QED) is 0.724. The Balaban J connectivity index is 1.86. The Labute approximate surface area is 124 Å². The smallest absolute Gasteiger partial charge is 0.223 e. The summed E-state index contributed by atoms with van der Waals surface area (Å²) in [6, 6.07) is 6.00. The minimum atomic E-state index is -0.290. The van der Waals surface area contributed by atoms with Crippen LogP contribution in [-0.4, -0.2) is 9.97 Å². The molecule has 3 rings (SSSR count). The second-order valence-corrected chi connectivity index (χ2v) is 4.97. The van der Waals surface area contributed by atoms with Crippen LogP contribution in [0.25, 0.3) is 11.0 Å². The summed E-state index contributed by atoms with van der Waals surface area (Å²) < 4.78 is 19.0. The van der Waals surface area contributed by atoms with E-state index in [2.05, 4.69) is 15.3 Å². The molecule has 0 aliphatic rings. The van der Waals surface area contributed by atoms with Crippen molar-refractivity contribution in [2.24, 2.45) is 0 Å². The minimum Gasteiger partial charge on any atom is -0.459 e. The number of aromatic nitrogens is 2. The summed E-state index contributed by atoms with van der Waals surface area (Å²) in [6.45, 7) is 2.26. The van der Waals surface area contributed by atoms with Crippen LogP contribution in [0.1, 0.15) is 11.3 Å². The van der Waals surface area contributed by atoms with E-state index in [1.54, 1.807) is 12.1 Å². The van der Waals surface area contributed by atoms with E-state index in [4.69, 9.17) is 21.8 Å². The van der Waals surface area contributed by atoms with E-state index < -0.39 is 0 Å². The Morgan fingerprint density at radius 2 is 2.14 bits per heavy atom. The van der Waals surface area contributed by atoms with Crippen LogP contribution in [0.2, 0.25) is 5.15 Å². The molecule has 2 aromatic heterocycles. The van der Waals surface area contributed by atoms with Crippen molar-refractivity contribution in [3.05, 3.63) is 46.6 Å². The Morgan fingerprint density at radius 3 is 2.90 bits per heavy atom. The summed E-state index contributed by atoms with van der Waals surface area (Å²) in [5, 5.41) is 4.07. The number of furan rings is 1. The van der Waals surface area contributed by atoms with Crippen molar-refractivity contribution < 1.29 is 8.81 Å². The van der Waals surface area contributed by atoms with Gasteiger partial charge in [0.1, 0.15) is 28.1 Å². The zero-order valence-corrected chi connectivity index (χ0v) is 11.9. The van der Waals surface area contributed by atoms with E-state index in [1.165, 1.54) is 12.1 Å². The summed E-state index contributed by atoms with van der Waals surface area (Å²) in [5.41, 5.74) is 7.05. The number of anilines is 2. The molecule has 21 heavy (non-hydrogen) atoms. The van der Waals surface area contributed by atoms with Gasteiger partial charge in [0.25, 0.3) is 0 Å². The predicted molar refractivity (Wildman–Crippen MR) is 79.7 cm³/mol. The van der Waals surface area contributed by atoms with Gasteiger partial charge >= 0.3 is 0 Å². The van der Waals surface area contributed by atoms with Crippen LogP contribution in [0.15, 0.2) is 28.7 Å². The maximum atomic E-state index is 13.3. The Bertz CT molecular complexity index is 798. The third-order valence-electron chi connectivity index (χ3n) is 3.14. The highest BCUT2D eigenvalue weighted by Gasteiger charge is 2.11. The van der Waals surface area contributed by atoms with Gasteiger partial charge in [0.2, 0.25) is 5.95 Å². The molecule has 0 atom stereocenters. The molecule has 0 radical (unpaired) electrons. The van der Waals surface area contributed by atoms with E-state index in [0.717, 1.165) is 10.9 Å². The standard InChI is InChI=1S/C14H12ClFN4O/c1-7-9-4-8(16)2-3-10(9)21-11(7)6-18-13-5-12(15)19-14(17)20-13/h2-5H,6H2,1H3,(H3,17,18,19,20). The summed E-state index contributed by atoms with van der Waals surface area (Å²) in [6.07, 6.45) is 0. The number of benzene rings is 1. The second-order valence-electron chi connectivity index (χ2n) is 4.58. The third-order valence-corrected chi connectivity index (χ3v) is 3.33. The predicted octanol–water partition coefficient (Wildman–Crippen LogP) is 3.52. The summed E-state index contributed by atoms with van der Waals surface area (Å²) >= 11 is 5.81. The van der Waals surface area contributed by atoms with Gasteiger partial charge in [-0.3, -0.25) is 0 Å². The fraction of sp³-hybridized carbons (Fsp3) is 0.143. The second kappa shape index (κ2) is 5.21. The molecular weight excluding hydrogens is 295 g/mol. The number of aryl methyl sites for hydroxylation is 1. The first-order valence-electron chi connectivity index (χ1n) is 6.24. The number of hydrogen-bond donors (Lipinski definition) is 2. The molecule has 3 N–H and O–H groups in total. The molecule has 0 spiro atoms. The number of nitrogens with zero attached hydrogens (tertiary/aromatic N) is 2. The zero-order chi connectivity index (χ0) is 15.0. The lowest BCUT2D eigenvalue weighted by Gasteiger charge is -2.05. The van der Waals surface area contributed by atoms with Crippen molar-refractivity contribution in [2.45, 2.75) is 13.5 Å². The molecule has 0 fully saturated rings. The van der Waals surface area contributed by atoms with Crippen LogP contribution in [0, 0.1) is 12.7 Å². The first kappa shape index (κ1) is 13.6. The van der Waals surface area contributed by atoms with Gasteiger partial charge in [-0.15, -0.1) is 0 Å². The maximum absolute atomic E-state index is 13.3. The molecule has 0 bridgehead atoms. The Hall–Kier alpha value is -2.34. The maximum Gasteiger partial charge on any atom is 0.223 e. The minimum absolute atomic E-state index is 0.0911. The summed E-state index contributed by atoms with van der Waals surface area (Å²) in [7, 11) is 0. The van der Waals surface area contributed by atoms with E-state index in [-0.39, 0.29) is 16.9 Å². The Kier molecular flexibility index (Phi) is 3.39. The van der Waals surface area contributed by atoms with Gasteiger partial charge in [0.15, 0.2) is 0 Å². The average Bonchev–Trinajstić information content (AvgIpc) is 2.72. The van der Waals surface area contributed by atoms with Gasteiger partial charge in [-0.1, -0.05) is 11.6 Å². The number of fused-ring (bicyclic) bond motifs is 1. The molecule has 3 aromatic rings. The van der Waals surface area contributed by atoms with Crippen molar-refractivity contribution >= 4 is 34.3 Å². The highest BCUT2D eigenvalue weighted by molar-refractivity contribution is 6.29. The molecule has 5 nitrogen and oxygen atoms in total. The van der Waals surface area contributed by atoms with Crippen molar-refractivity contribution in [2.75, 3.05) is 11.1 Å². The van der Waals surface area contributed by atoms with E-state index in [9.17, 15) is 4.39 Å². The summed E-state index contributed by atoms with van der Waals surface area (Å²) in [5.74, 6) is 0.997. The molecule has 2 heterocycles. The zero-order valence-electron chi connectivity index (χ0n) is 11.2. The number of nitrogens with two attached hydrogens (primary N) is 1. The topological polar surface area (TPSA) is 77.0 Å². The van der Waals surface area contributed by atoms with Gasteiger partial charge in [-0.25, -0.2) is 9.37 Å². The fourth-order valence-corrected chi connectivity index (χ4v) is 2.30. The molecular formula is C14H12ClFN4O. The Morgan fingerprint density at radius 1 is 1.33 bits per heavy atom. The molecule has 1 aromatic carbocycles. The number of hydrogen-bond acceptors (Lipinski definition) is 5. The normalized spacial score (nSPS) is 11.0. The first-order chi connectivity index (χ1) is 10.0. The molecule has 0 saturated heterocycles. The van der Waals surface area contributed by atoms with Crippen LogP contribution in [0.4, 0.5) is 16.2 Å². The molecule has 0 aliphatic carbocycles. The highest BCUT2D eigenvalue weighted by Crippen LogP contribution is 2.26. The van der Waals surface area contributed by atoms with Crippen molar-refractivity contribution in [1.82, 2.24) is 9.97 Å². The molecule has 0 saturated carbocycles. The van der Waals surface area contributed by atoms with Gasteiger partial charge in [-0.2, -0.15) is 4.98 Å². The van der Waals surface area contributed by atoms with Gasteiger partial charge in [-0.05, 0) is 25.1 Å². The van der Waals surface area contributed by atoms with Crippen molar-refractivity contribution in [3.63, 3.8) is 0 Å². The lowest BCUT2D eigenvalue weighted by Crippen LogP contribution is -2.04. The largest absolute Gasteiger partial charge is 0.459 e.